The van der Waals surface area contributed by atoms with Crippen LogP contribution >= 0.6 is 0 Å². The largest absolute Gasteiger partial charge is 0.491 e. The first kappa shape index (κ1) is 17.5. The lowest BCUT2D eigenvalue weighted by Crippen LogP contribution is -2.43. The first-order chi connectivity index (χ1) is 11.3. The van der Waals surface area contributed by atoms with Gasteiger partial charge in [-0.05, 0) is 65.7 Å². The van der Waals surface area contributed by atoms with Crippen LogP contribution in [0.3, 0.4) is 0 Å². The number of ether oxygens (including phenoxy) is 1. The third kappa shape index (κ3) is 3.11. The number of hydrogen-bond acceptors (Lipinski definition) is 3. The molecule has 2 aliphatic carbocycles. The Morgan fingerprint density at radius 3 is 2.75 bits per heavy atom. The van der Waals surface area contributed by atoms with Crippen molar-refractivity contribution >= 4 is 5.78 Å². The van der Waals surface area contributed by atoms with Gasteiger partial charge in [0.15, 0.2) is 5.78 Å². The normalized spacial score (nSPS) is 36.1. The van der Waals surface area contributed by atoms with Crippen molar-refractivity contribution in [1.29, 1.82) is 0 Å². The van der Waals surface area contributed by atoms with Crippen LogP contribution in [0.25, 0.3) is 0 Å². The van der Waals surface area contributed by atoms with Gasteiger partial charge in [0.05, 0.1) is 0 Å². The monoisotopic (exact) mass is 330 g/mol. The summed E-state index contributed by atoms with van der Waals surface area (Å²) in [5.41, 5.74) is 3.36. The molecule has 3 rings (SSSR count). The van der Waals surface area contributed by atoms with Crippen LogP contribution in [0.5, 0.6) is 0 Å². The van der Waals surface area contributed by atoms with E-state index >= 15 is 0 Å². The van der Waals surface area contributed by atoms with E-state index in [1.165, 1.54) is 11.1 Å². The molecule has 4 atom stereocenters. The quantitative estimate of drug-likeness (QED) is 0.777. The maximum absolute atomic E-state index is 12.4. The van der Waals surface area contributed by atoms with Crippen LogP contribution < -0.4 is 0 Å². The summed E-state index contributed by atoms with van der Waals surface area (Å²) in [6.45, 7) is 8.68. The second-order valence-corrected chi connectivity index (χ2v) is 8.16. The highest BCUT2D eigenvalue weighted by Gasteiger charge is 2.52. The van der Waals surface area contributed by atoms with Crippen molar-refractivity contribution in [3.63, 3.8) is 0 Å². The van der Waals surface area contributed by atoms with Gasteiger partial charge in [-0.25, -0.2) is 0 Å². The number of aliphatic hydroxyl groups excluding tert-OH is 1. The molecule has 132 valence electrons. The molecule has 0 aromatic heterocycles. The molecule has 0 aromatic carbocycles. The van der Waals surface area contributed by atoms with Gasteiger partial charge < -0.3 is 9.84 Å². The maximum Gasteiger partial charge on any atom is 0.190 e. The third-order valence-electron chi connectivity index (χ3n) is 6.13. The summed E-state index contributed by atoms with van der Waals surface area (Å²) < 4.78 is 6.35. The fraction of sp³-hybridized carbons (Fsp3) is 0.667. The molecule has 1 saturated carbocycles. The minimum absolute atomic E-state index is 0.102. The molecule has 3 aliphatic rings. The number of carbonyl (C=O) groups excluding carboxylic acids is 1. The number of allylic oxidation sites excluding steroid dienone is 5. The Hall–Kier alpha value is -1.35. The summed E-state index contributed by atoms with van der Waals surface area (Å²) >= 11 is 0. The van der Waals surface area contributed by atoms with Crippen molar-refractivity contribution in [2.75, 3.05) is 0 Å². The van der Waals surface area contributed by atoms with E-state index in [0.717, 1.165) is 37.0 Å². The van der Waals surface area contributed by atoms with Crippen LogP contribution in [0.4, 0.5) is 0 Å². The van der Waals surface area contributed by atoms with E-state index in [9.17, 15) is 9.90 Å². The van der Waals surface area contributed by atoms with Crippen LogP contribution in [0, 0.1) is 11.8 Å². The van der Waals surface area contributed by atoms with Crippen LogP contribution in [0.1, 0.15) is 66.2 Å². The molecule has 0 saturated heterocycles. The zero-order chi connectivity index (χ0) is 17.5. The first-order valence-corrected chi connectivity index (χ1v) is 9.25. The molecule has 4 unspecified atom stereocenters. The summed E-state index contributed by atoms with van der Waals surface area (Å²) in [7, 11) is 0. The van der Waals surface area contributed by atoms with Crippen molar-refractivity contribution in [3.05, 3.63) is 34.6 Å². The summed E-state index contributed by atoms with van der Waals surface area (Å²) in [5.74, 6) is 1.57. The van der Waals surface area contributed by atoms with Crippen LogP contribution in [0.2, 0.25) is 0 Å². The average molecular weight is 330 g/mol. The molecule has 0 bridgehead atoms. The summed E-state index contributed by atoms with van der Waals surface area (Å²) in [4.78, 5) is 12.4. The molecule has 1 heterocycles. The van der Waals surface area contributed by atoms with Gasteiger partial charge in [-0.1, -0.05) is 23.3 Å². The molecule has 1 aliphatic heterocycles. The second kappa shape index (κ2) is 6.51. The Morgan fingerprint density at radius 1 is 1.29 bits per heavy atom. The summed E-state index contributed by atoms with van der Waals surface area (Å²) in [5, 5.41) is 9.91. The van der Waals surface area contributed by atoms with Gasteiger partial charge >= 0.3 is 0 Å². The van der Waals surface area contributed by atoms with Gasteiger partial charge in [0.25, 0.3) is 0 Å². The molecule has 3 nitrogen and oxygen atoms in total. The van der Waals surface area contributed by atoms with E-state index in [-0.39, 0.29) is 11.4 Å². The van der Waals surface area contributed by atoms with Gasteiger partial charge in [-0.15, -0.1) is 0 Å². The minimum Gasteiger partial charge on any atom is -0.491 e. The number of Topliss-reactive ketones (excluding diaryl/α,β-unsaturated/α-hetero) is 1. The summed E-state index contributed by atoms with van der Waals surface area (Å²) in [6, 6.07) is 0. The highest BCUT2D eigenvalue weighted by molar-refractivity contribution is 6.00. The van der Waals surface area contributed by atoms with Crippen molar-refractivity contribution in [3.8, 4) is 0 Å². The topological polar surface area (TPSA) is 46.5 Å². The lowest BCUT2D eigenvalue weighted by atomic mass is 9.74. The molecule has 0 spiro atoms. The highest BCUT2D eigenvalue weighted by atomic mass is 16.5. The molecule has 0 radical (unpaired) electrons. The molecular weight excluding hydrogens is 300 g/mol. The number of ketones is 1. The SMILES string of the molecule is CC(C)=CCC=C(C)C1CCC2(C)OC3=C(CC12)C(=O)C(O)CC3. The Balaban J connectivity index is 1.82. The molecule has 24 heavy (non-hydrogen) atoms. The Labute approximate surface area is 145 Å². The van der Waals surface area contributed by atoms with E-state index in [0.29, 0.717) is 24.7 Å². The van der Waals surface area contributed by atoms with Gasteiger partial charge in [-0.3, -0.25) is 4.79 Å². The van der Waals surface area contributed by atoms with Crippen molar-refractivity contribution in [1.82, 2.24) is 0 Å². The smallest absolute Gasteiger partial charge is 0.190 e. The van der Waals surface area contributed by atoms with Crippen LogP contribution in [-0.4, -0.2) is 22.6 Å². The molecule has 0 amide bonds. The van der Waals surface area contributed by atoms with E-state index in [4.69, 9.17) is 4.74 Å². The molecule has 0 aromatic rings. The average Bonchev–Trinajstić information content (AvgIpc) is 2.85. The van der Waals surface area contributed by atoms with Crippen molar-refractivity contribution < 1.29 is 14.6 Å². The van der Waals surface area contributed by atoms with Gasteiger partial charge in [-0.2, -0.15) is 0 Å². The van der Waals surface area contributed by atoms with E-state index in [1.807, 2.05) is 0 Å². The van der Waals surface area contributed by atoms with Crippen molar-refractivity contribution in [2.45, 2.75) is 77.9 Å². The van der Waals surface area contributed by atoms with Crippen LogP contribution in [-0.2, 0) is 9.53 Å². The number of aliphatic hydroxyl groups is 1. The lowest BCUT2D eigenvalue weighted by molar-refractivity contribution is -0.128. The fourth-order valence-electron chi connectivity index (χ4n) is 4.63. The summed E-state index contributed by atoms with van der Waals surface area (Å²) in [6.07, 6.45) is 8.85. The molecule has 1 N–H and O–H groups in total. The Morgan fingerprint density at radius 2 is 2.04 bits per heavy atom. The van der Waals surface area contributed by atoms with Gasteiger partial charge in [0, 0.05) is 17.9 Å². The van der Waals surface area contributed by atoms with E-state index in [2.05, 4.69) is 39.8 Å². The molecule has 3 heteroatoms. The molecular formula is C21H30O3. The van der Waals surface area contributed by atoms with Crippen LogP contribution in [0.15, 0.2) is 34.6 Å². The predicted molar refractivity (Wildman–Crippen MR) is 95.4 cm³/mol. The number of rotatable bonds is 3. The maximum atomic E-state index is 12.4. The van der Waals surface area contributed by atoms with Crippen molar-refractivity contribution in [2.24, 2.45) is 11.8 Å². The highest BCUT2D eigenvalue weighted by Crippen LogP contribution is 2.53. The standard InChI is InChI=1S/C21H30O3/c1-13(2)6-5-7-14(3)15-10-11-21(4)17(15)12-16-19(24-21)9-8-18(22)20(16)23/h6-7,15,17-18,22H,5,8-12H2,1-4H3. The Bertz CT molecular complexity index is 621. The number of carbonyl (C=O) groups is 1. The fourth-order valence-corrected chi connectivity index (χ4v) is 4.63. The van der Waals surface area contributed by atoms with Gasteiger partial charge in [0.2, 0.25) is 0 Å². The predicted octanol–water partition coefficient (Wildman–Crippen LogP) is 4.47. The Kier molecular flexibility index (Phi) is 4.74. The number of hydrogen-bond donors (Lipinski definition) is 1. The number of fused-ring (bicyclic) bond motifs is 1. The first-order valence-electron chi connectivity index (χ1n) is 9.25. The van der Waals surface area contributed by atoms with Gasteiger partial charge in [0.1, 0.15) is 17.5 Å². The minimum atomic E-state index is -0.828. The lowest BCUT2D eigenvalue weighted by Gasteiger charge is -2.43. The third-order valence-corrected chi connectivity index (χ3v) is 6.13. The van der Waals surface area contributed by atoms with E-state index < -0.39 is 6.10 Å². The zero-order valence-corrected chi connectivity index (χ0v) is 15.4. The molecule has 1 fully saturated rings. The zero-order valence-electron chi connectivity index (χ0n) is 15.4. The van der Waals surface area contributed by atoms with E-state index in [1.54, 1.807) is 0 Å². The second-order valence-electron chi connectivity index (χ2n) is 8.16.